The molecule has 0 heterocycles. The second-order valence-corrected chi connectivity index (χ2v) is 12.3. The molecule has 0 fully saturated rings. The smallest absolute Gasteiger partial charge is 0.220 e. The first-order valence-corrected chi connectivity index (χ1v) is 17.7. The molecule has 234 valence electrons. The van der Waals surface area contributed by atoms with Crippen molar-refractivity contribution in [1.82, 2.24) is 5.32 Å². The summed E-state index contributed by atoms with van der Waals surface area (Å²) >= 11 is 0. The number of amides is 1. The molecule has 0 aliphatic carbocycles. The Hall–Kier alpha value is -0.610. The van der Waals surface area contributed by atoms with Crippen molar-refractivity contribution < 1.29 is 15.0 Å². The van der Waals surface area contributed by atoms with E-state index in [0.717, 1.165) is 25.7 Å². The second kappa shape index (κ2) is 31.9. The highest BCUT2D eigenvalue weighted by Crippen LogP contribution is 2.16. The van der Waals surface area contributed by atoms with Crippen molar-refractivity contribution in [1.29, 1.82) is 0 Å². The summed E-state index contributed by atoms with van der Waals surface area (Å²) in [6.07, 6.45) is 36.9. The standard InChI is InChI=1S/C35H71NO3/c1-3-5-7-8-9-10-11-12-13-14-15-16-17-18-19-20-21-22-23-24-25-26-27-28-29-30-34(38)33(32-37)36-35(39)31-6-4-2/h33-34,37-38H,3-32H2,1-2H3,(H,36,39). The van der Waals surface area contributed by atoms with E-state index in [-0.39, 0.29) is 12.5 Å². The van der Waals surface area contributed by atoms with Gasteiger partial charge in [-0.15, -0.1) is 0 Å². The number of rotatable bonds is 32. The minimum Gasteiger partial charge on any atom is -0.394 e. The molecule has 4 nitrogen and oxygen atoms in total. The Bertz CT molecular complexity index is 485. The summed E-state index contributed by atoms with van der Waals surface area (Å²) in [5, 5.41) is 22.6. The van der Waals surface area contributed by atoms with Crippen LogP contribution >= 0.6 is 0 Å². The number of aliphatic hydroxyl groups excluding tert-OH is 2. The fraction of sp³-hybridized carbons (Fsp3) is 0.971. The monoisotopic (exact) mass is 554 g/mol. The lowest BCUT2D eigenvalue weighted by Crippen LogP contribution is -2.45. The van der Waals surface area contributed by atoms with E-state index in [1.54, 1.807) is 0 Å². The van der Waals surface area contributed by atoms with E-state index in [9.17, 15) is 15.0 Å². The third-order valence-corrected chi connectivity index (χ3v) is 8.37. The summed E-state index contributed by atoms with van der Waals surface area (Å²) in [4.78, 5) is 11.8. The average molecular weight is 554 g/mol. The fourth-order valence-corrected chi connectivity index (χ4v) is 5.57. The molecule has 2 atom stereocenters. The van der Waals surface area contributed by atoms with Gasteiger partial charge in [0, 0.05) is 6.42 Å². The molecule has 3 N–H and O–H groups in total. The molecule has 0 saturated heterocycles. The number of hydrogen-bond acceptors (Lipinski definition) is 3. The van der Waals surface area contributed by atoms with Crippen LogP contribution in [-0.4, -0.2) is 34.9 Å². The summed E-state index contributed by atoms with van der Waals surface area (Å²) < 4.78 is 0. The van der Waals surface area contributed by atoms with E-state index in [0.29, 0.717) is 12.8 Å². The SMILES string of the molecule is CCCCCCCCCCCCCCCCCCCCCCCCCCCC(O)C(CO)NC(=O)CCCC. The zero-order valence-electron chi connectivity index (χ0n) is 26.7. The number of carbonyl (C=O) groups excluding carboxylic acids is 1. The summed E-state index contributed by atoms with van der Waals surface area (Å²) in [6, 6.07) is -0.524. The van der Waals surface area contributed by atoms with Crippen molar-refractivity contribution in [2.24, 2.45) is 0 Å². The average Bonchev–Trinajstić information content (AvgIpc) is 2.94. The molecule has 0 bridgehead atoms. The zero-order valence-corrected chi connectivity index (χ0v) is 26.7. The molecule has 0 aromatic rings. The molecular formula is C35H71NO3. The van der Waals surface area contributed by atoms with Gasteiger partial charge in [-0.3, -0.25) is 4.79 Å². The van der Waals surface area contributed by atoms with Crippen molar-refractivity contribution in [2.45, 2.75) is 212 Å². The van der Waals surface area contributed by atoms with Gasteiger partial charge in [0.2, 0.25) is 5.91 Å². The van der Waals surface area contributed by atoms with Gasteiger partial charge in [-0.05, 0) is 12.8 Å². The maximum Gasteiger partial charge on any atom is 0.220 e. The van der Waals surface area contributed by atoms with Gasteiger partial charge in [-0.25, -0.2) is 0 Å². The van der Waals surface area contributed by atoms with E-state index >= 15 is 0 Å². The van der Waals surface area contributed by atoms with Crippen LogP contribution in [0.4, 0.5) is 0 Å². The third-order valence-electron chi connectivity index (χ3n) is 8.37. The molecule has 0 aliphatic rings. The van der Waals surface area contributed by atoms with Crippen LogP contribution < -0.4 is 5.32 Å². The first kappa shape index (κ1) is 38.4. The number of unbranched alkanes of at least 4 members (excludes halogenated alkanes) is 25. The molecule has 0 aromatic carbocycles. The van der Waals surface area contributed by atoms with E-state index in [1.807, 2.05) is 6.92 Å². The molecule has 0 radical (unpaired) electrons. The number of carbonyl (C=O) groups is 1. The third kappa shape index (κ3) is 28.7. The molecule has 0 aromatic heterocycles. The first-order chi connectivity index (χ1) is 19.2. The van der Waals surface area contributed by atoms with E-state index in [4.69, 9.17) is 0 Å². The molecule has 0 spiro atoms. The van der Waals surface area contributed by atoms with E-state index in [1.165, 1.54) is 148 Å². The highest BCUT2D eigenvalue weighted by Gasteiger charge is 2.19. The Morgan fingerprint density at radius 1 is 0.513 bits per heavy atom. The van der Waals surface area contributed by atoms with Gasteiger partial charge in [-0.2, -0.15) is 0 Å². The van der Waals surface area contributed by atoms with Crippen LogP contribution in [0.2, 0.25) is 0 Å². The van der Waals surface area contributed by atoms with Gasteiger partial charge in [0.1, 0.15) is 0 Å². The molecule has 0 saturated carbocycles. The van der Waals surface area contributed by atoms with Gasteiger partial charge >= 0.3 is 0 Å². The summed E-state index contributed by atoms with van der Waals surface area (Å²) in [5.41, 5.74) is 0. The van der Waals surface area contributed by atoms with Crippen LogP contribution in [0, 0.1) is 0 Å². The van der Waals surface area contributed by atoms with Gasteiger partial charge in [0.05, 0.1) is 18.8 Å². The van der Waals surface area contributed by atoms with Crippen LogP contribution in [0.15, 0.2) is 0 Å². The van der Waals surface area contributed by atoms with Crippen LogP contribution in [0.1, 0.15) is 200 Å². The van der Waals surface area contributed by atoms with Crippen molar-refractivity contribution in [3.8, 4) is 0 Å². The number of nitrogens with one attached hydrogen (secondary N) is 1. The largest absolute Gasteiger partial charge is 0.394 e. The molecule has 4 heteroatoms. The molecule has 0 aliphatic heterocycles. The zero-order chi connectivity index (χ0) is 28.7. The lowest BCUT2D eigenvalue weighted by atomic mass is 10.0. The predicted octanol–water partition coefficient (Wildman–Crippen LogP) is 10.2. The van der Waals surface area contributed by atoms with Crippen molar-refractivity contribution in [3.05, 3.63) is 0 Å². The lowest BCUT2D eigenvalue weighted by Gasteiger charge is -2.22. The van der Waals surface area contributed by atoms with E-state index in [2.05, 4.69) is 12.2 Å². The van der Waals surface area contributed by atoms with E-state index < -0.39 is 12.1 Å². The van der Waals surface area contributed by atoms with Crippen molar-refractivity contribution >= 4 is 5.91 Å². The quantitative estimate of drug-likeness (QED) is 0.0726. The van der Waals surface area contributed by atoms with Crippen molar-refractivity contribution in [3.63, 3.8) is 0 Å². The van der Waals surface area contributed by atoms with Gasteiger partial charge in [0.15, 0.2) is 0 Å². The molecular weight excluding hydrogens is 482 g/mol. The molecule has 2 unspecified atom stereocenters. The Balaban J connectivity index is 3.28. The summed E-state index contributed by atoms with van der Waals surface area (Å²) in [7, 11) is 0. The minimum absolute atomic E-state index is 0.0650. The molecule has 1 amide bonds. The Labute approximate surface area is 244 Å². The fourth-order valence-electron chi connectivity index (χ4n) is 5.57. The topological polar surface area (TPSA) is 69.6 Å². The molecule has 0 rings (SSSR count). The Morgan fingerprint density at radius 3 is 1.13 bits per heavy atom. The highest BCUT2D eigenvalue weighted by molar-refractivity contribution is 5.76. The van der Waals surface area contributed by atoms with Gasteiger partial charge in [-0.1, -0.05) is 181 Å². The van der Waals surface area contributed by atoms with Gasteiger partial charge in [0.25, 0.3) is 0 Å². The summed E-state index contributed by atoms with van der Waals surface area (Å²) in [6.45, 7) is 4.15. The van der Waals surface area contributed by atoms with Crippen LogP contribution in [0.25, 0.3) is 0 Å². The maximum absolute atomic E-state index is 11.8. The Kier molecular flexibility index (Phi) is 31.4. The maximum atomic E-state index is 11.8. The van der Waals surface area contributed by atoms with Crippen LogP contribution in [-0.2, 0) is 4.79 Å². The van der Waals surface area contributed by atoms with Crippen LogP contribution in [0.3, 0.4) is 0 Å². The number of aliphatic hydroxyl groups is 2. The van der Waals surface area contributed by atoms with Crippen LogP contribution in [0.5, 0.6) is 0 Å². The highest BCUT2D eigenvalue weighted by atomic mass is 16.3. The predicted molar refractivity (Wildman–Crippen MR) is 170 cm³/mol. The normalized spacial score (nSPS) is 13.0. The minimum atomic E-state index is -0.648. The van der Waals surface area contributed by atoms with Crippen molar-refractivity contribution in [2.75, 3.05) is 6.61 Å². The number of hydrogen-bond donors (Lipinski definition) is 3. The first-order valence-electron chi connectivity index (χ1n) is 17.7. The molecule has 39 heavy (non-hydrogen) atoms. The summed E-state index contributed by atoms with van der Waals surface area (Å²) in [5.74, 6) is -0.0650. The Morgan fingerprint density at radius 2 is 0.821 bits per heavy atom. The second-order valence-electron chi connectivity index (χ2n) is 12.3. The van der Waals surface area contributed by atoms with Gasteiger partial charge < -0.3 is 15.5 Å². The lowest BCUT2D eigenvalue weighted by molar-refractivity contribution is -0.123.